The Morgan fingerprint density at radius 2 is 1.79 bits per heavy atom. The second-order valence-corrected chi connectivity index (χ2v) is 6.75. The number of anilines is 1. The van der Waals surface area contributed by atoms with E-state index in [0.29, 0.717) is 21.5 Å². The van der Waals surface area contributed by atoms with E-state index in [1.165, 1.54) is 7.11 Å². The highest BCUT2D eigenvalue weighted by molar-refractivity contribution is 6.36. The lowest BCUT2D eigenvalue weighted by atomic mass is 10.0. The van der Waals surface area contributed by atoms with Crippen LogP contribution in [0.25, 0.3) is 0 Å². The monoisotopic (exact) mass is 384 g/mol. The van der Waals surface area contributed by atoms with Gasteiger partial charge in [0, 0.05) is 16.5 Å². The summed E-state index contributed by atoms with van der Waals surface area (Å²) in [6, 6.07) is 12.2. The molecule has 3 rings (SSSR count). The minimum absolute atomic E-state index is 0.0926. The molecule has 1 fully saturated rings. The van der Waals surface area contributed by atoms with Crippen molar-refractivity contribution in [2.45, 2.75) is 18.5 Å². The minimum atomic E-state index is -0.456. The second-order valence-electron chi connectivity index (χ2n) is 5.47. The number of hydrazine groups is 1. The third kappa shape index (κ3) is 3.47. The van der Waals surface area contributed by atoms with Crippen LogP contribution in [0.2, 0.25) is 15.1 Å². The first-order valence-electron chi connectivity index (χ1n) is 7.33. The van der Waals surface area contributed by atoms with Crippen molar-refractivity contribution in [3.8, 4) is 0 Å². The molecular weight excluding hydrogens is 371 g/mol. The molecule has 2 atom stereocenters. The number of carbonyl (C=O) groups excluding carboxylic acids is 1. The smallest absolute Gasteiger partial charge is 0.324 e. The summed E-state index contributed by atoms with van der Waals surface area (Å²) in [5, 5.41) is 3.59. The summed E-state index contributed by atoms with van der Waals surface area (Å²) in [5.74, 6) is -0.318. The van der Waals surface area contributed by atoms with Gasteiger partial charge < -0.3 is 4.74 Å². The standard InChI is InChI=1S/C17H15Cl3N2O2/c1-24-17(23)14-9-16(10-2-4-11(18)5-3-10)22(21-14)15-7-6-12(19)8-13(15)20/h2-8,14,16,21H,9H2,1H3. The Hall–Kier alpha value is -1.46. The average Bonchev–Trinajstić information content (AvgIpc) is 3.00. The summed E-state index contributed by atoms with van der Waals surface area (Å²) in [4.78, 5) is 12.0. The summed E-state index contributed by atoms with van der Waals surface area (Å²) in [7, 11) is 1.37. The van der Waals surface area contributed by atoms with Gasteiger partial charge >= 0.3 is 5.97 Å². The Morgan fingerprint density at radius 3 is 2.42 bits per heavy atom. The van der Waals surface area contributed by atoms with Crippen molar-refractivity contribution in [1.29, 1.82) is 0 Å². The highest BCUT2D eigenvalue weighted by atomic mass is 35.5. The molecule has 0 aliphatic carbocycles. The van der Waals surface area contributed by atoms with Crippen LogP contribution in [-0.2, 0) is 9.53 Å². The Kier molecular flexibility index (Phi) is 5.21. The fourth-order valence-corrected chi connectivity index (χ4v) is 3.44. The average molecular weight is 386 g/mol. The predicted octanol–water partition coefficient (Wildman–Crippen LogP) is 4.64. The van der Waals surface area contributed by atoms with Crippen LogP contribution in [0.4, 0.5) is 5.69 Å². The topological polar surface area (TPSA) is 41.6 Å². The largest absolute Gasteiger partial charge is 0.468 e. The van der Waals surface area contributed by atoms with Crippen molar-refractivity contribution in [1.82, 2.24) is 5.43 Å². The summed E-state index contributed by atoms with van der Waals surface area (Å²) in [6.45, 7) is 0. The summed E-state index contributed by atoms with van der Waals surface area (Å²) < 4.78 is 4.87. The van der Waals surface area contributed by atoms with E-state index < -0.39 is 6.04 Å². The van der Waals surface area contributed by atoms with E-state index in [0.717, 1.165) is 11.3 Å². The molecule has 2 aromatic rings. The van der Waals surface area contributed by atoms with Crippen LogP contribution in [0, 0.1) is 0 Å². The number of benzene rings is 2. The van der Waals surface area contributed by atoms with E-state index in [2.05, 4.69) is 5.43 Å². The van der Waals surface area contributed by atoms with E-state index in [9.17, 15) is 4.79 Å². The van der Waals surface area contributed by atoms with Crippen LogP contribution in [0.3, 0.4) is 0 Å². The lowest BCUT2D eigenvalue weighted by Crippen LogP contribution is -2.40. The van der Waals surface area contributed by atoms with Crippen molar-refractivity contribution >= 4 is 46.5 Å². The highest BCUT2D eigenvalue weighted by Crippen LogP contribution is 2.39. The first-order chi connectivity index (χ1) is 11.5. The van der Waals surface area contributed by atoms with Gasteiger partial charge in [0.2, 0.25) is 0 Å². The molecule has 0 bridgehead atoms. The van der Waals surface area contributed by atoms with Crippen LogP contribution in [0.5, 0.6) is 0 Å². The van der Waals surface area contributed by atoms with Crippen LogP contribution in [0.1, 0.15) is 18.0 Å². The van der Waals surface area contributed by atoms with Gasteiger partial charge in [-0.3, -0.25) is 9.80 Å². The minimum Gasteiger partial charge on any atom is -0.468 e. The lowest BCUT2D eigenvalue weighted by Gasteiger charge is -2.27. The van der Waals surface area contributed by atoms with Crippen molar-refractivity contribution in [2.24, 2.45) is 0 Å². The van der Waals surface area contributed by atoms with Gasteiger partial charge in [-0.25, -0.2) is 5.43 Å². The van der Waals surface area contributed by atoms with Crippen LogP contribution < -0.4 is 10.4 Å². The maximum atomic E-state index is 12.0. The number of methoxy groups -OCH3 is 1. The highest BCUT2D eigenvalue weighted by Gasteiger charge is 2.38. The zero-order chi connectivity index (χ0) is 17.3. The number of ether oxygens (including phenoxy) is 1. The van der Waals surface area contributed by atoms with Crippen molar-refractivity contribution in [3.05, 3.63) is 63.1 Å². The van der Waals surface area contributed by atoms with Crippen molar-refractivity contribution in [3.63, 3.8) is 0 Å². The molecule has 0 amide bonds. The third-order valence-corrected chi connectivity index (χ3v) is 4.77. The molecule has 0 aromatic heterocycles. The molecule has 24 heavy (non-hydrogen) atoms. The van der Waals surface area contributed by atoms with Crippen LogP contribution in [-0.4, -0.2) is 19.1 Å². The Bertz CT molecular complexity index is 752. The van der Waals surface area contributed by atoms with Gasteiger partial charge in [-0.05, 0) is 35.9 Å². The van der Waals surface area contributed by atoms with Gasteiger partial charge in [-0.1, -0.05) is 46.9 Å². The molecule has 0 radical (unpaired) electrons. The van der Waals surface area contributed by atoms with E-state index in [1.807, 2.05) is 35.3 Å². The second kappa shape index (κ2) is 7.19. The first kappa shape index (κ1) is 17.4. The van der Waals surface area contributed by atoms with E-state index >= 15 is 0 Å². The number of rotatable bonds is 3. The fraction of sp³-hybridized carbons (Fsp3) is 0.235. The molecule has 1 aliphatic heterocycles. The molecule has 2 aromatic carbocycles. The molecule has 1 saturated heterocycles. The quantitative estimate of drug-likeness (QED) is 0.781. The van der Waals surface area contributed by atoms with Crippen molar-refractivity contribution < 1.29 is 9.53 Å². The van der Waals surface area contributed by atoms with E-state index in [1.54, 1.807) is 12.1 Å². The SMILES string of the molecule is COC(=O)C1CC(c2ccc(Cl)cc2)N(c2ccc(Cl)cc2Cl)N1. The molecule has 0 spiro atoms. The molecule has 1 aliphatic rings. The Morgan fingerprint density at radius 1 is 1.12 bits per heavy atom. The predicted molar refractivity (Wildman–Crippen MR) is 96.7 cm³/mol. The molecule has 126 valence electrons. The molecular formula is C17H15Cl3N2O2. The van der Waals surface area contributed by atoms with Crippen LogP contribution >= 0.6 is 34.8 Å². The fourth-order valence-electron chi connectivity index (χ4n) is 2.81. The van der Waals surface area contributed by atoms with E-state index in [4.69, 9.17) is 39.5 Å². The van der Waals surface area contributed by atoms with Gasteiger partial charge in [0.25, 0.3) is 0 Å². The molecule has 2 unspecified atom stereocenters. The lowest BCUT2D eigenvalue weighted by molar-refractivity contribution is -0.142. The zero-order valence-corrected chi connectivity index (χ0v) is 15.1. The number of hydrogen-bond donors (Lipinski definition) is 1. The number of halogens is 3. The normalized spacial score (nSPS) is 20.2. The van der Waals surface area contributed by atoms with Gasteiger partial charge in [-0.15, -0.1) is 0 Å². The number of nitrogens with zero attached hydrogens (tertiary/aromatic N) is 1. The molecule has 0 saturated carbocycles. The number of hydrogen-bond acceptors (Lipinski definition) is 4. The van der Waals surface area contributed by atoms with Crippen molar-refractivity contribution in [2.75, 3.05) is 12.1 Å². The van der Waals surface area contributed by atoms with E-state index in [-0.39, 0.29) is 12.0 Å². The molecule has 1 N–H and O–H groups in total. The third-order valence-electron chi connectivity index (χ3n) is 3.98. The number of esters is 1. The number of carbonyl (C=O) groups is 1. The molecule has 1 heterocycles. The molecule has 4 nitrogen and oxygen atoms in total. The van der Waals surface area contributed by atoms with Crippen LogP contribution in [0.15, 0.2) is 42.5 Å². The Labute approximate surface area is 155 Å². The first-order valence-corrected chi connectivity index (χ1v) is 8.46. The summed E-state index contributed by atoms with van der Waals surface area (Å²) in [5.41, 5.74) is 4.94. The summed E-state index contributed by atoms with van der Waals surface area (Å²) >= 11 is 18.3. The van der Waals surface area contributed by atoms with Gasteiger partial charge in [0.1, 0.15) is 6.04 Å². The maximum Gasteiger partial charge on any atom is 0.324 e. The zero-order valence-electron chi connectivity index (χ0n) is 12.8. The maximum absolute atomic E-state index is 12.0. The molecule has 7 heteroatoms. The summed E-state index contributed by atoms with van der Waals surface area (Å²) in [6.07, 6.45) is 0.549. The van der Waals surface area contributed by atoms with Gasteiger partial charge in [0.15, 0.2) is 0 Å². The van der Waals surface area contributed by atoms with Gasteiger partial charge in [0.05, 0.1) is 23.9 Å². The Balaban J connectivity index is 1.99. The van der Waals surface area contributed by atoms with Gasteiger partial charge in [-0.2, -0.15) is 0 Å². The number of nitrogens with one attached hydrogen (secondary N) is 1.